The van der Waals surface area contributed by atoms with E-state index in [-0.39, 0.29) is 11.2 Å². The Bertz CT molecular complexity index is 574. The molecule has 1 heterocycles. The van der Waals surface area contributed by atoms with Gasteiger partial charge in [0.15, 0.2) is 0 Å². The molecule has 20 heavy (non-hydrogen) atoms. The molecule has 2 aromatic carbocycles. The zero-order chi connectivity index (χ0) is 13.8. The lowest BCUT2D eigenvalue weighted by Gasteiger charge is -2.15. The fourth-order valence-corrected chi connectivity index (χ4v) is 3.11. The molecule has 0 saturated carbocycles. The monoisotopic (exact) mass is 284 g/mol. The molecule has 3 nitrogen and oxygen atoms in total. The van der Waals surface area contributed by atoms with Crippen LogP contribution in [0.15, 0.2) is 60.7 Å². The van der Waals surface area contributed by atoms with Crippen molar-refractivity contribution in [2.75, 3.05) is 0 Å². The number of benzene rings is 2. The normalized spacial score (nSPS) is 19.4. The van der Waals surface area contributed by atoms with Gasteiger partial charge in [0.1, 0.15) is 0 Å². The van der Waals surface area contributed by atoms with E-state index >= 15 is 0 Å². The summed E-state index contributed by atoms with van der Waals surface area (Å²) in [7, 11) is 0. The molecular weight excluding hydrogens is 268 g/mol. The highest BCUT2D eigenvalue weighted by Crippen LogP contribution is 2.23. The smallest absolute Gasteiger partial charge is 0.223 e. The number of nitrogens with one attached hydrogen (secondary N) is 1. The molecule has 2 aromatic rings. The molecule has 1 aliphatic rings. The Hall–Kier alpha value is -1.62. The number of rotatable bonds is 4. The first kappa shape index (κ1) is 13.4. The molecule has 1 fully saturated rings. The molecule has 0 aliphatic carbocycles. The van der Waals surface area contributed by atoms with E-state index in [1.54, 1.807) is 0 Å². The summed E-state index contributed by atoms with van der Waals surface area (Å²) >= 11 is 1.27. The zero-order valence-electron chi connectivity index (χ0n) is 11.0. The molecule has 0 bridgehead atoms. The van der Waals surface area contributed by atoms with Crippen LogP contribution >= 0.6 is 11.9 Å². The molecule has 0 spiro atoms. The summed E-state index contributed by atoms with van der Waals surface area (Å²) in [5.74, 6) is 0. The number of carbonyl (C=O) groups excluding carboxylic acids is 1. The molecule has 0 aromatic heterocycles. The molecule has 1 saturated heterocycles. The Morgan fingerprint density at radius 1 is 0.950 bits per heavy atom. The summed E-state index contributed by atoms with van der Waals surface area (Å²) < 4.78 is 1.92. The van der Waals surface area contributed by atoms with Crippen molar-refractivity contribution < 1.29 is 4.79 Å². The molecule has 4 heteroatoms. The van der Waals surface area contributed by atoms with Gasteiger partial charge in [0, 0.05) is 11.9 Å². The van der Waals surface area contributed by atoms with Gasteiger partial charge < -0.3 is 0 Å². The van der Waals surface area contributed by atoms with Gasteiger partial charge >= 0.3 is 0 Å². The van der Waals surface area contributed by atoms with Crippen LogP contribution in [0.5, 0.6) is 0 Å². The fourth-order valence-electron chi connectivity index (χ4n) is 2.23. The third kappa shape index (κ3) is 3.28. The van der Waals surface area contributed by atoms with E-state index in [1.807, 2.05) is 40.8 Å². The van der Waals surface area contributed by atoms with Gasteiger partial charge in [0.25, 0.3) is 0 Å². The number of hydrogen-bond donors (Lipinski definition) is 1. The van der Waals surface area contributed by atoms with Gasteiger partial charge in [-0.2, -0.15) is 4.41 Å². The summed E-state index contributed by atoms with van der Waals surface area (Å²) in [5, 5.41) is 0.185. The van der Waals surface area contributed by atoms with Gasteiger partial charge in [0.2, 0.25) is 5.12 Å². The second kappa shape index (κ2) is 6.22. The van der Waals surface area contributed by atoms with E-state index in [2.05, 4.69) is 29.7 Å². The largest absolute Gasteiger partial charge is 0.284 e. The number of carbonyl (C=O) groups is 1. The van der Waals surface area contributed by atoms with Crippen LogP contribution in [0, 0.1) is 0 Å². The summed E-state index contributed by atoms with van der Waals surface area (Å²) in [4.78, 5) is 12.0. The van der Waals surface area contributed by atoms with Gasteiger partial charge in [-0.1, -0.05) is 60.7 Å². The van der Waals surface area contributed by atoms with E-state index in [1.165, 1.54) is 23.1 Å². The first-order valence-corrected chi connectivity index (χ1v) is 7.42. The van der Waals surface area contributed by atoms with Gasteiger partial charge in [-0.15, -0.1) is 0 Å². The lowest BCUT2D eigenvalue weighted by Crippen LogP contribution is -2.36. The second-order valence-corrected chi connectivity index (χ2v) is 5.83. The van der Waals surface area contributed by atoms with Crippen molar-refractivity contribution in [3.63, 3.8) is 0 Å². The van der Waals surface area contributed by atoms with Gasteiger partial charge in [-0.25, -0.2) is 5.43 Å². The van der Waals surface area contributed by atoms with E-state index < -0.39 is 0 Å². The highest BCUT2D eigenvalue weighted by Gasteiger charge is 2.31. The molecule has 0 radical (unpaired) electrons. The Labute approximate surface area is 123 Å². The molecule has 1 atom stereocenters. The second-order valence-electron chi connectivity index (χ2n) is 4.80. The predicted octanol–water partition coefficient (Wildman–Crippen LogP) is 2.79. The highest BCUT2D eigenvalue weighted by atomic mass is 32.2. The van der Waals surface area contributed by atoms with Crippen molar-refractivity contribution in [3.8, 4) is 0 Å². The Morgan fingerprint density at radius 2 is 1.55 bits per heavy atom. The Morgan fingerprint density at radius 3 is 2.20 bits per heavy atom. The maximum Gasteiger partial charge on any atom is 0.223 e. The van der Waals surface area contributed by atoms with Gasteiger partial charge in [0.05, 0.1) is 12.6 Å². The SMILES string of the molecule is O=C1SN(Cc2ccccc2)NC1Cc1ccccc1. The van der Waals surface area contributed by atoms with E-state index in [4.69, 9.17) is 0 Å². The lowest BCUT2D eigenvalue weighted by molar-refractivity contribution is -0.112. The minimum Gasteiger partial charge on any atom is -0.284 e. The van der Waals surface area contributed by atoms with Crippen LogP contribution < -0.4 is 5.43 Å². The number of hydrogen-bond acceptors (Lipinski definition) is 4. The van der Waals surface area contributed by atoms with Crippen molar-refractivity contribution in [1.29, 1.82) is 0 Å². The van der Waals surface area contributed by atoms with Crippen LogP contribution in [0.4, 0.5) is 0 Å². The highest BCUT2D eigenvalue weighted by molar-refractivity contribution is 8.12. The summed E-state index contributed by atoms with van der Waals surface area (Å²) in [5.41, 5.74) is 5.66. The van der Waals surface area contributed by atoms with Crippen molar-refractivity contribution in [3.05, 3.63) is 71.8 Å². The summed E-state index contributed by atoms with van der Waals surface area (Å²) in [6.07, 6.45) is 0.734. The number of hydrazine groups is 1. The average Bonchev–Trinajstić information content (AvgIpc) is 2.81. The van der Waals surface area contributed by atoms with Crippen molar-refractivity contribution in [2.24, 2.45) is 0 Å². The van der Waals surface area contributed by atoms with Crippen molar-refractivity contribution in [1.82, 2.24) is 9.84 Å². The molecule has 1 N–H and O–H groups in total. The summed E-state index contributed by atoms with van der Waals surface area (Å²) in [6.45, 7) is 0.725. The standard InChI is InChI=1S/C16H16N2OS/c19-16-15(11-13-7-3-1-4-8-13)17-18(20-16)12-14-9-5-2-6-10-14/h1-10,15,17H,11-12H2. The molecule has 3 rings (SSSR count). The Balaban J connectivity index is 1.61. The molecular formula is C16H16N2OS. The van der Waals surface area contributed by atoms with Crippen LogP contribution in [-0.4, -0.2) is 15.6 Å². The van der Waals surface area contributed by atoms with E-state index in [9.17, 15) is 4.79 Å². The average molecular weight is 284 g/mol. The van der Waals surface area contributed by atoms with Crippen molar-refractivity contribution in [2.45, 2.75) is 19.0 Å². The molecule has 102 valence electrons. The maximum atomic E-state index is 12.0. The first-order chi connectivity index (χ1) is 9.81. The van der Waals surface area contributed by atoms with Gasteiger partial charge in [-0.3, -0.25) is 4.79 Å². The minimum absolute atomic E-state index is 0.133. The van der Waals surface area contributed by atoms with Crippen LogP contribution in [0.25, 0.3) is 0 Å². The Kier molecular flexibility index (Phi) is 4.16. The van der Waals surface area contributed by atoms with Crippen LogP contribution in [0.1, 0.15) is 11.1 Å². The van der Waals surface area contributed by atoms with Crippen LogP contribution in [0.3, 0.4) is 0 Å². The summed E-state index contributed by atoms with van der Waals surface area (Å²) in [6, 6.07) is 20.1. The van der Waals surface area contributed by atoms with Crippen molar-refractivity contribution >= 4 is 17.1 Å². The van der Waals surface area contributed by atoms with E-state index in [0.717, 1.165) is 13.0 Å². The third-order valence-electron chi connectivity index (χ3n) is 3.24. The fraction of sp³-hybridized carbons (Fsp3) is 0.188. The molecule has 1 unspecified atom stereocenters. The predicted molar refractivity (Wildman–Crippen MR) is 81.7 cm³/mol. The van der Waals surface area contributed by atoms with Crippen LogP contribution in [-0.2, 0) is 17.8 Å². The maximum absolute atomic E-state index is 12.0. The quantitative estimate of drug-likeness (QED) is 0.875. The lowest BCUT2D eigenvalue weighted by atomic mass is 10.1. The van der Waals surface area contributed by atoms with E-state index in [0.29, 0.717) is 0 Å². The molecule has 0 amide bonds. The molecule has 1 aliphatic heterocycles. The zero-order valence-corrected chi connectivity index (χ0v) is 11.8. The third-order valence-corrected chi connectivity index (χ3v) is 4.16. The first-order valence-electron chi connectivity index (χ1n) is 6.64. The van der Waals surface area contributed by atoms with Gasteiger partial charge in [-0.05, 0) is 17.5 Å². The number of nitrogens with zero attached hydrogens (tertiary/aromatic N) is 1. The topological polar surface area (TPSA) is 32.3 Å². The minimum atomic E-state index is -0.133. The van der Waals surface area contributed by atoms with Crippen LogP contribution in [0.2, 0.25) is 0 Å².